The number of nitrogens with zero attached hydrogens (tertiary/aromatic N) is 2. The smallest absolute Gasteiger partial charge is 0.225 e. The Kier molecular flexibility index (Phi) is 4.67. The molecule has 0 unspecified atom stereocenters. The van der Waals surface area contributed by atoms with Crippen LogP contribution in [0.4, 0.5) is 5.13 Å². The molecule has 25 heavy (non-hydrogen) atoms. The number of aryl methyl sites for hydroxylation is 2. The van der Waals surface area contributed by atoms with Crippen molar-refractivity contribution in [3.8, 4) is 0 Å². The number of nitrogens with one attached hydrogen (secondary N) is 1. The van der Waals surface area contributed by atoms with E-state index in [1.54, 1.807) is 11.3 Å². The molecule has 134 valence electrons. The number of fused-ring (bicyclic) bond motifs is 1. The van der Waals surface area contributed by atoms with Gasteiger partial charge >= 0.3 is 0 Å². The molecule has 4 nitrogen and oxygen atoms in total. The number of rotatable bonds is 3. The third-order valence-electron chi connectivity index (χ3n) is 5.58. The molecule has 5 heteroatoms. The van der Waals surface area contributed by atoms with Crippen LogP contribution in [0.15, 0.2) is 12.1 Å². The van der Waals surface area contributed by atoms with E-state index in [1.165, 1.54) is 28.7 Å². The van der Waals surface area contributed by atoms with Crippen molar-refractivity contribution in [3.63, 3.8) is 0 Å². The van der Waals surface area contributed by atoms with Gasteiger partial charge in [0.15, 0.2) is 5.13 Å². The highest BCUT2D eigenvalue weighted by molar-refractivity contribution is 7.22. The first-order chi connectivity index (χ1) is 12.1. The van der Waals surface area contributed by atoms with Crippen LogP contribution >= 0.6 is 11.3 Å². The lowest BCUT2D eigenvalue weighted by atomic mass is 9.97. The molecule has 1 aliphatic carbocycles. The minimum Gasteiger partial charge on any atom is -0.353 e. The number of anilines is 1. The van der Waals surface area contributed by atoms with Crippen LogP contribution in [0, 0.1) is 19.8 Å². The molecule has 1 aromatic carbocycles. The van der Waals surface area contributed by atoms with Gasteiger partial charge in [0, 0.05) is 19.1 Å². The van der Waals surface area contributed by atoms with Gasteiger partial charge in [-0.25, -0.2) is 4.98 Å². The summed E-state index contributed by atoms with van der Waals surface area (Å²) in [5.74, 6) is 0.355. The summed E-state index contributed by atoms with van der Waals surface area (Å²) < 4.78 is 1.25. The quantitative estimate of drug-likeness (QED) is 0.896. The zero-order valence-electron chi connectivity index (χ0n) is 15.2. The molecular formula is C20H27N3OS. The first-order valence-corrected chi connectivity index (χ1v) is 10.3. The summed E-state index contributed by atoms with van der Waals surface area (Å²) in [6, 6.07) is 4.83. The second-order valence-electron chi connectivity index (χ2n) is 7.70. The Labute approximate surface area is 153 Å². The van der Waals surface area contributed by atoms with Gasteiger partial charge in [-0.1, -0.05) is 30.2 Å². The zero-order valence-corrected chi connectivity index (χ0v) is 16.0. The van der Waals surface area contributed by atoms with Crippen molar-refractivity contribution in [1.29, 1.82) is 0 Å². The van der Waals surface area contributed by atoms with E-state index in [0.29, 0.717) is 6.04 Å². The van der Waals surface area contributed by atoms with Crippen molar-refractivity contribution in [2.24, 2.45) is 5.92 Å². The summed E-state index contributed by atoms with van der Waals surface area (Å²) in [7, 11) is 0. The van der Waals surface area contributed by atoms with E-state index in [-0.39, 0.29) is 11.8 Å². The van der Waals surface area contributed by atoms with Gasteiger partial charge in [0.05, 0.1) is 16.1 Å². The van der Waals surface area contributed by atoms with Crippen LogP contribution in [0.5, 0.6) is 0 Å². The third kappa shape index (κ3) is 3.52. The Morgan fingerprint density at radius 2 is 2.00 bits per heavy atom. The predicted molar refractivity (Wildman–Crippen MR) is 104 cm³/mol. The van der Waals surface area contributed by atoms with Crippen LogP contribution in [0.3, 0.4) is 0 Å². The molecule has 1 aromatic heterocycles. The number of hydrogen-bond donors (Lipinski definition) is 1. The summed E-state index contributed by atoms with van der Waals surface area (Å²) in [6.45, 7) is 6.07. The molecule has 2 aromatic rings. The summed E-state index contributed by atoms with van der Waals surface area (Å²) in [5.41, 5.74) is 3.64. The maximum atomic E-state index is 12.6. The highest BCUT2D eigenvalue weighted by Gasteiger charge is 2.29. The molecule has 2 aliphatic rings. The standard InChI is InChI=1S/C20H27N3OS/c1-13-10-14(2)18-17(11-13)25-20(22-18)23-9-5-6-15(12-23)19(24)21-16-7-3-4-8-16/h10-11,15-16H,3-9,12H2,1-2H3,(H,21,24)/t15-/m0/s1. The van der Waals surface area contributed by atoms with E-state index in [1.807, 2.05) is 0 Å². The molecule has 2 fully saturated rings. The molecule has 1 saturated carbocycles. The van der Waals surface area contributed by atoms with Crippen molar-refractivity contribution >= 4 is 32.6 Å². The second kappa shape index (κ2) is 6.94. The molecule has 1 aliphatic heterocycles. The SMILES string of the molecule is Cc1cc(C)c2nc(N3CCC[C@H](C(=O)NC4CCCC4)C3)sc2c1. The third-order valence-corrected chi connectivity index (χ3v) is 6.65. The number of hydrogen-bond acceptors (Lipinski definition) is 4. The highest BCUT2D eigenvalue weighted by Crippen LogP contribution is 2.33. The minimum absolute atomic E-state index is 0.101. The highest BCUT2D eigenvalue weighted by atomic mass is 32.1. The fraction of sp³-hybridized carbons (Fsp3) is 0.600. The molecule has 4 rings (SSSR count). The van der Waals surface area contributed by atoms with Gasteiger partial charge in [0.2, 0.25) is 5.91 Å². The molecule has 0 spiro atoms. The number of carbonyl (C=O) groups is 1. The van der Waals surface area contributed by atoms with Crippen LogP contribution < -0.4 is 10.2 Å². The molecule has 1 amide bonds. The topological polar surface area (TPSA) is 45.2 Å². The van der Waals surface area contributed by atoms with Crippen LogP contribution in [0.25, 0.3) is 10.2 Å². The number of amides is 1. The normalized spacial score (nSPS) is 21.8. The Hall–Kier alpha value is -1.62. The predicted octanol–water partition coefficient (Wildman–Crippen LogP) is 4.19. The molecule has 2 heterocycles. The number of aromatic nitrogens is 1. The molecule has 0 bridgehead atoms. The van der Waals surface area contributed by atoms with E-state index in [9.17, 15) is 4.79 Å². The van der Waals surface area contributed by atoms with Gasteiger partial charge in [-0.2, -0.15) is 0 Å². The number of benzene rings is 1. The Balaban J connectivity index is 1.49. The first-order valence-electron chi connectivity index (χ1n) is 9.53. The van der Waals surface area contributed by atoms with Crippen LogP contribution in [0.1, 0.15) is 49.7 Å². The lowest BCUT2D eigenvalue weighted by Crippen LogP contribution is -2.45. The van der Waals surface area contributed by atoms with Crippen molar-refractivity contribution < 1.29 is 4.79 Å². The summed E-state index contributed by atoms with van der Waals surface area (Å²) in [6.07, 6.45) is 6.88. The van der Waals surface area contributed by atoms with Gasteiger partial charge in [-0.3, -0.25) is 4.79 Å². The number of piperidine rings is 1. The number of carbonyl (C=O) groups excluding carboxylic acids is 1. The zero-order chi connectivity index (χ0) is 17.4. The van der Waals surface area contributed by atoms with E-state index < -0.39 is 0 Å². The van der Waals surface area contributed by atoms with E-state index in [4.69, 9.17) is 4.98 Å². The molecule has 0 radical (unpaired) electrons. The van der Waals surface area contributed by atoms with Gasteiger partial charge in [-0.05, 0) is 56.7 Å². The van der Waals surface area contributed by atoms with Crippen molar-refractivity contribution in [2.45, 2.75) is 58.4 Å². The Bertz CT molecular complexity index is 779. The van der Waals surface area contributed by atoms with Crippen LogP contribution in [-0.2, 0) is 4.79 Å². The van der Waals surface area contributed by atoms with E-state index >= 15 is 0 Å². The average molecular weight is 358 g/mol. The Morgan fingerprint density at radius 3 is 2.80 bits per heavy atom. The molecule has 1 N–H and O–H groups in total. The maximum Gasteiger partial charge on any atom is 0.225 e. The van der Waals surface area contributed by atoms with Crippen LogP contribution in [0.2, 0.25) is 0 Å². The summed E-state index contributed by atoms with van der Waals surface area (Å²) in [4.78, 5) is 19.9. The van der Waals surface area contributed by atoms with Crippen molar-refractivity contribution in [3.05, 3.63) is 23.3 Å². The fourth-order valence-electron chi connectivity index (χ4n) is 4.25. The van der Waals surface area contributed by atoms with Gasteiger partial charge in [0.1, 0.15) is 0 Å². The van der Waals surface area contributed by atoms with Crippen molar-refractivity contribution in [2.75, 3.05) is 18.0 Å². The molecule has 1 atom stereocenters. The monoisotopic (exact) mass is 357 g/mol. The summed E-state index contributed by atoms with van der Waals surface area (Å²) in [5, 5.41) is 4.35. The Morgan fingerprint density at radius 1 is 1.20 bits per heavy atom. The average Bonchev–Trinajstić information content (AvgIpc) is 3.24. The first kappa shape index (κ1) is 16.8. The largest absolute Gasteiger partial charge is 0.353 e. The molecular weight excluding hydrogens is 330 g/mol. The minimum atomic E-state index is 0.101. The second-order valence-corrected chi connectivity index (χ2v) is 8.71. The molecule has 1 saturated heterocycles. The van der Waals surface area contributed by atoms with Gasteiger partial charge in [-0.15, -0.1) is 0 Å². The van der Waals surface area contributed by atoms with E-state index in [2.05, 4.69) is 36.2 Å². The van der Waals surface area contributed by atoms with E-state index in [0.717, 1.165) is 49.4 Å². The van der Waals surface area contributed by atoms with Crippen molar-refractivity contribution in [1.82, 2.24) is 10.3 Å². The van der Waals surface area contributed by atoms with Crippen LogP contribution in [-0.4, -0.2) is 30.0 Å². The maximum absolute atomic E-state index is 12.6. The van der Waals surface area contributed by atoms with Gasteiger partial charge in [0.25, 0.3) is 0 Å². The number of thiazole rings is 1. The fourth-order valence-corrected chi connectivity index (χ4v) is 5.42. The van der Waals surface area contributed by atoms with Gasteiger partial charge < -0.3 is 10.2 Å². The summed E-state index contributed by atoms with van der Waals surface area (Å²) >= 11 is 1.76. The lowest BCUT2D eigenvalue weighted by molar-refractivity contribution is -0.125. The lowest BCUT2D eigenvalue weighted by Gasteiger charge is -2.32.